The minimum atomic E-state index is -0.372. The predicted octanol–water partition coefficient (Wildman–Crippen LogP) is 5.72. The molecule has 0 saturated heterocycles. The molecule has 0 radical (unpaired) electrons. The van der Waals surface area contributed by atoms with Crippen LogP contribution in [0.1, 0.15) is 28.9 Å². The van der Waals surface area contributed by atoms with Gasteiger partial charge in [0.15, 0.2) is 0 Å². The molecule has 0 aliphatic heterocycles. The van der Waals surface area contributed by atoms with Crippen molar-refractivity contribution in [1.82, 2.24) is 0 Å². The summed E-state index contributed by atoms with van der Waals surface area (Å²) in [6.07, 6.45) is 3.07. The zero-order valence-electron chi connectivity index (χ0n) is 17.4. The van der Waals surface area contributed by atoms with Crippen LogP contribution in [0.15, 0.2) is 91.0 Å². The first kappa shape index (κ1) is 22.4. The molecule has 0 heterocycles. The van der Waals surface area contributed by atoms with Crippen molar-refractivity contribution < 1.29 is 14.3 Å². The molecule has 3 aromatic carbocycles. The minimum absolute atomic E-state index is 0.0586. The van der Waals surface area contributed by atoms with E-state index in [1.54, 1.807) is 24.8 Å². The van der Waals surface area contributed by atoms with E-state index in [-0.39, 0.29) is 17.1 Å². The van der Waals surface area contributed by atoms with Crippen molar-refractivity contribution in [3.63, 3.8) is 0 Å². The number of esters is 1. The number of amides is 1. The molecule has 0 spiro atoms. The molecule has 0 atom stereocenters. The number of nitrogens with one attached hydrogen (secondary N) is 1. The third-order valence-electron chi connectivity index (χ3n) is 4.48. The van der Waals surface area contributed by atoms with Gasteiger partial charge in [-0.2, -0.15) is 0 Å². The highest BCUT2D eigenvalue weighted by Crippen LogP contribution is 2.35. The van der Waals surface area contributed by atoms with Crippen molar-refractivity contribution in [1.29, 1.82) is 0 Å². The van der Waals surface area contributed by atoms with E-state index in [9.17, 15) is 9.59 Å². The maximum Gasteiger partial charge on any atom is 0.330 e. The van der Waals surface area contributed by atoms with Crippen molar-refractivity contribution in [3.05, 3.63) is 108 Å². The monoisotopic (exact) mass is 431 g/mol. The van der Waals surface area contributed by atoms with E-state index in [2.05, 4.69) is 29.6 Å². The molecule has 4 nitrogen and oxygen atoms in total. The Kier molecular flexibility index (Phi) is 8.49. The highest BCUT2D eigenvalue weighted by molar-refractivity contribution is 8.00. The van der Waals surface area contributed by atoms with Crippen molar-refractivity contribution in [3.8, 4) is 0 Å². The van der Waals surface area contributed by atoms with E-state index in [1.807, 2.05) is 60.7 Å². The van der Waals surface area contributed by atoms with E-state index in [4.69, 9.17) is 4.74 Å². The van der Waals surface area contributed by atoms with Crippen LogP contribution in [0.25, 0.3) is 6.08 Å². The Morgan fingerprint density at radius 2 is 1.48 bits per heavy atom. The molecule has 3 rings (SSSR count). The summed E-state index contributed by atoms with van der Waals surface area (Å²) in [4.78, 5) is 23.9. The van der Waals surface area contributed by atoms with Crippen molar-refractivity contribution in [2.45, 2.75) is 12.2 Å². The number of hydrogen-bond acceptors (Lipinski definition) is 4. The molecule has 0 unspecified atom stereocenters. The molecular formula is C26H25NO3S. The predicted molar refractivity (Wildman–Crippen MR) is 128 cm³/mol. The number of benzene rings is 3. The third-order valence-corrected chi connectivity index (χ3v) is 5.79. The smallest absolute Gasteiger partial charge is 0.330 e. The summed E-state index contributed by atoms with van der Waals surface area (Å²) in [5, 5.41) is 3.02. The van der Waals surface area contributed by atoms with Gasteiger partial charge in [-0.25, -0.2) is 4.79 Å². The van der Waals surface area contributed by atoms with E-state index < -0.39 is 0 Å². The Hall–Kier alpha value is -3.31. The molecule has 0 fully saturated rings. The van der Waals surface area contributed by atoms with Gasteiger partial charge in [0.2, 0.25) is 5.91 Å². The van der Waals surface area contributed by atoms with Gasteiger partial charge in [-0.1, -0.05) is 72.8 Å². The normalized spacial score (nSPS) is 10.9. The molecule has 158 valence electrons. The van der Waals surface area contributed by atoms with Crippen LogP contribution in [-0.2, 0) is 14.3 Å². The number of anilines is 1. The van der Waals surface area contributed by atoms with E-state index in [0.717, 1.165) is 11.3 Å². The largest absolute Gasteiger partial charge is 0.463 e. The summed E-state index contributed by atoms with van der Waals surface area (Å²) >= 11 is 1.60. The Balaban J connectivity index is 1.59. The second-order valence-electron chi connectivity index (χ2n) is 6.77. The number of carbonyl (C=O) groups excluding carboxylic acids is 2. The van der Waals surface area contributed by atoms with Crippen LogP contribution < -0.4 is 5.32 Å². The van der Waals surface area contributed by atoms with Gasteiger partial charge >= 0.3 is 5.97 Å². The molecule has 1 amide bonds. The summed E-state index contributed by atoms with van der Waals surface area (Å²) in [7, 11) is 0. The van der Waals surface area contributed by atoms with Crippen LogP contribution in [0.3, 0.4) is 0 Å². The molecule has 0 aliphatic carbocycles. The average molecular weight is 432 g/mol. The summed E-state index contributed by atoms with van der Waals surface area (Å²) in [6, 6.07) is 27.7. The summed E-state index contributed by atoms with van der Waals surface area (Å²) in [6.45, 7) is 2.12. The fourth-order valence-corrected chi connectivity index (χ4v) is 4.12. The van der Waals surface area contributed by atoms with Gasteiger partial charge < -0.3 is 10.1 Å². The molecule has 31 heavy (non-hydrogen) atoms. The third kappa shape index (κ3) is 7.15. The molecule has 3 aromatic rings. The highest BCUT2D eigenvalue weighted by atomic mass is 32.2. The lowest BCUT2D eigenvalue weighted by Gasteiger charge is -2.17. The quantitative estimate of drug-likeness (QED) is 0.348. The fraction of sp³-hybridized carbons (Fsp3) is 0.154. The second kappa shape index (κ2) is 11.8. The number of ether oxygens (including phenoxy) is 1. The Labute approximate surface area is 187 Å². The molecule has 0 aromatic heterocycles. The highest BCUT2D eigenvalue weighted by Gasteiger charge is 2.16. The summed E-state index contributed by atoms with van der Waals surface area (Å²) < 4.78 is 4.86. The van der Waals surface area contributed by atoms with Crippen LogP contribution in [0.5, 0.6) is 0 Å². The lowest BCUT2D eigenvalue weighted by molar-refractivity contribution is -0.137. The van der Waals surface area contributed by atoms with Crippen molar-refractivity contribution >= 4 is 35.4 Å². The van der Waals surface area contributed by atoms with Gasteiger partial charge in [0.05, 0.1) is 17.6 Å². The molecule has 0 bridgehead atoms. The first-order valence-electron chi connectivity index (χ1n) is 10.1. The first-order chi connectivity index (χ1) is 15.2. The van der Waals surface area contributed by atoms with Crippen LogP contribution in [0, 0.1) is 0 Å². The SMILES string of the molecule is CCOC(=O)C=Cc1ccc(NC(=O)CSC(c2ccccc2)c2ccccc2)cc1. The molecule has 1 N–H and O–H groups in total. The lowest BCUT2D eigenvalue weighted by atomic mass is 10.0. The molecule has 0 aliphatic rings. The van der Waals surface area contributed by atoms with Crippen LogP contribution in [-0.4, -0.2) is 24.2 Å². The fourth-order valence-electron chi connectivity index (χ4n) is 3.03. The Bertz CT molecular complexity index is 962. The number of carbonyl (C=O) groups is 2. The van der Waals surface area contributed by atoms with Crippen molar-refractivity contribution in [2.75, 3.05) is 17.7 Å². The van der Waals surface area contributed by atoms with Gasteiger partial charge in [-0.15, -0.1) is 11.8 Å². The maximum absolute atomic E-state index is 12.5. The van der Waals surface area contributed by atoms with E-state index in [0.29, 0.717) is 12.4 Å². The van der Waals surface area contributed by atoms with Gasteiger partial charge in [0.25, 0.3) is 0 Å². The Morgan fingerprint density at radius 1 is 0.903 bits per heavy atom. The number of hydrogen-bond donors (Lipinski definition) is 1. The van der Waals surface area contributed by atoms with Gasteiger partial charge in [0.1, 0.15) is 0 Å². The summed E-state index contributed by atoms with van der Waals surface area (Å²) in [5.41, 5.74) is 3.91. The topological polar surface area (TPSA) is 55.4 Å². The van der Waals surface area contributed by atoms with E-state index in [1.165, 1.54) is 17.2 Å². The second-order valence-corrected chi connectivity index (χ2v) is 7.86. The molecular weight excluding hydrogens is 406 g/mol. The maximum atomic E-state index is 12.5. The zero-order valence-corrected chi connectivity index (χ0v) is 18.2. The van der Waals surface area contributed by atoms with Crippen LogP contribution in [0.4, 0.5) is 5.69 Å². The van der Waals surface area contributed by atoms with E-state index >= 15 is 0 Å². The van der Waals surface area contributed by atoms with Gasteiger partial charge in [-0.05, 0) is 41.8 Å². The van der Waals surface area contributed by atoms with Gasteiger partial charge in [0, 0.05) is 11.8 Å². The Morgan fingerprint density at radius 3 is 2.03 bits per heavy atom. The van der Waals surface area contributed by atoms with Crippen LogP contribution in [0.2, 0.25) is 0 Å². The summed E-state index contributed by atoms with van der Waals surface area (Å²) in [5.74, 6) is -0.0983. The zero-order chi connectivity index (χ0) is 21.9. The van der Waals surface area contributed by atoms with Crippen LogP contribution >= 0.6 is 11.8 Å². The average Bonchev–Trinajstić information content (AvgIpc) is 2.80. The number of rotatable bonds is 9. The minimum Gasteiger partial charge on any atom is -0.463 e. The lowest BCUT2D eigenvalue weighted by Crippen LogP contribution is -2.15. The van der Waals surface area contributed by atoms with Gasteiger partial charge in [-0.3, -0.25) is 4.79 Å². The first-order valence-corrected chi connectivity index (χ1v) is 11.2. The standard InChI is InChI=1S/C26H25NO3S/c1-2-30-25(29)18-15-20-13-16-23(17-14-20)27-24(28)19-31-26(21-9-5-3-6-10-21)22-11-7-4-8-12-22/h3-18,26H,2,19H2,1H3,(H,27,28). The molecule has 5 heteroatoms. The number of thioether (sulfide) groups is 1. The molecule has 0 saturated carbocycles. The van der Waals surface area contributed by atoms with Crippen molar-refractivity contribution in [2.24, 2.45) is 0 Å².